The van der Waals surface area contributed by atoms with Crippen LogP contribution in [0.2, 0.25) is 0 Å². The van der Waals surface area contributed by atoms with Crippen molar-refractivity contribution < 1.29 is 34.7 Å². The molecule has 0 saturated carbocycles. The molecule has 52 heavy (non-hydrogen) atoms. The Hall–Kier alpha value is -3.53. The molecule has 1 heterocycles. The number of hydrogen-bond donors (Lipinski definition) is 1. The third kappa shape index (κ3) is 9.52. The number of fused-ring (bicyclic) bond motifs is 4. The van der Waals surface area contributed by atoms with Crippen LogP contribution in [-0.2, 0) is 30.3 Å². The Bertz CT molecular complexity index is 2020. The Morgan fingerprint density at radius 3 is 1.90 bits per heavy atom. The second kappa shape index (κ2) is 17.1. The van der Waals surface area contributed by atoms with Crippen molar-refractivity contribution in [2.24, 2.45) is 16.2 Å². The Balaban J connectivity index is 0.000000347. The molecule has 1 N–H and O–H groups in total. The van der Waals surface area contributed by atoms with Gasteiger partial charge < -0.3 is 9.84 Å². The average Bonchev–Trinajstić information content (AvgIpc) is 3.11. The summed E-state index contributed by atoms with van der Waals surface area (Å²) in [5, 5.41) is 17.1. The molecule has 0 fully saturated rings. The van der Waals surface area contributed by atoms with E-state index in [1.165, 1.54) is 27.8 Å². The van der Waals surface area contributed by atoms with Gasteiger partial charge >= 0.3 is 0 Å². The van der Waals surface area contributed by atoms with E-state index in [9.17, 15) is 9.90 Å². The molecule has 4 aromatic carbocycles. The largest absolute Gasteiger partial charge is 0.512 e. The maximum absolute atomic E-state index is 12.2. The summed E-state index contributed by atoms with van der Waals surface area (Å²) < 4.78 is 6.23. The SMILES string of the molecule is CC(C)(C)COc1cccc2c1ccc1c(-c3[c-]c4ccccc4c(C(C)(C)C)c3)nccc12.CCC(C)(CC)C(=O)/C=C(\O)C(C)(CC)CC.[Ir]. The van der Waals surface area contributed by atoms with Crippen molar-refractivity contribution in [3.8, 4) is 17.0 Å². The predicted octanol–water partition coefficient (Wildman–Crippen LogP) is 13.4. The number of hydrogen-bond acceptors (Lipinski definition) is 4. The van der Waals surface area contributed by atoms with Gasteiger partial charge in [-0.05, 0) is 64.8 Å². The number of aliphatic hydroxyl groups excluding tert-OH is 1. The molecule has 0 aliphatic carbocycles. The van der Waals surface area contributed by atoms with Gasteiger partial charge in [0.2, 0.25) is 0 Å². The fraction of sp³-hybridized carbons (Fsp3) is 0.447. The van der Waals surface area contributed by atoms with E-state index >= 15 is 0 Å². The maximum Gasteiger partial charge on any atom is 0.164 e. The molecule has 0 aliphatic heterocycles. The molecule has 281 valence electrons. The summed E-state index contributed by atoms with van der Waals surface area (Å²) in [6, 6.07) is 27.3. The van der Waals surface area contributed by atoms with Crippen LogP contribution >= 0.6 is 0 Å². The molecule has 0 spiro atoms. The van der Waals surface area contributed by atoms with Crippen LogP contribution in [0.5, 0.6) is 5.75 Å². The number of allylic oxidation sites excluding steroid dienone is 2. The summed E-state index contributed by atoms with van der Waals surface area (Å²) in [6.45, 7) is 26.1. The topological polar surface area (TPSA) is 59.4 Å². The molecule has 1 aromatic heterocycles. The van der Waals surface area contributed by atoms with E-state index in [0.29, 0.717) is 6.61 Å². The standard InChI is InChI=1S/C32H32NO.C15H28O2.Ir/c1-31(2,3)20-34-29-13-9-12-24-25-16-17-33-30(27(25)15-14-26(24)29)22-18-21-10-7-8-11-23(21)28(19-22)32(4,5)6;1-7-14(5,8-2)12(16)11-13(17)15(6,9-3)10-4;/h7-17,19H,20H2,1-6H3;11,16H,7-10H2,1-6H3;/q-1;;/b;12-11-;. The molecule has 5 rings (SSSR count). The second-order valence-corrected chi connectivity index (χ2v) is 16.8. The Kier molecular flexibility index (Phi) is 14.1. The third-order valence-corrected chi connectivity index (χ3v) is 10.9. The molecule has 0 aliphatic rings. The number of aromatic nitrogens is 1. The van der Waals surface area contributed by atoms with E-state index in [2.05, 4.69) is 114 Å². The minimum atomic E-state index is -0.337. The minimum absolute atomic E-state index is 0. The molecule has 0 unspecified atom stereocenters. The smallest absolute Gasteiger partial charge is 0.164 e. The van der Waals surface area contributed by atoms with Gasteiger partial charge in [0.15, 0.2) is 5.78 Å². The van der Waals surface area contributed by atoms with Crippen molar-refractivity contribution in [3.63, 3.8) is 0 Å². The van der Waals surface area contributed by atoms with Crippen LogP contribution in [0.15, 0.2) is 84.8 Å². The molecular weight excluding hydrogens is 819 g/mol. The zero-order valence-electron chi connectivity index (χ0n) is 33.6. The first-order valence-corrected chi connectivity index (χ1v) is 18.8. The van der Waals surface area contributed by atoms with Crippen LogP contribution < -0.4 is 4.74 Å². The van der Waals surface area contributed by atoms with E-state index in [4.69, 9.17) is 9.72 Å². The molecule has 0 saturated heterocycles. The zero-order chi connectivity index (χ0) is 37.8. The fourth-order valence-electron chi connectivity index (χ4n) is 6.29. The number of rotatable bonds is 10. The van der Waals surface area contributed by atoms with Crippen molar-refractivity contribution in [1.29, 1.82) is 0 Å². The van der Waals surface area contributed by atoms with Crippen LogP contribution in [0.3, 0.4) is 0 Å². The van der Waals surface area contributed by atoms with Crippen LogP contribution in [0.4, 0.5) is 0 Å². The number of aliphatic hydroxyl groups is 1. The summed E-state index contributed by atoms with van der Waals surface area (Å²) in [6.07, 6.45) is 6.67. The zero-order valence-corrected chi connectivity index (χ0v) is 36.0. The van der Waals surface area contributed by atoms with Gasteiger partial charge in [-0.2, -0.15) is 0 Å². The summed E-state index contributed by atoms with van der Waals surface area (Å²) in [7, 11) is 0. The Morgan fingerprint density at radius 1 is 0.731 bits per heavy atom. The second-order valence-electron chi connectivity index (χ2n) is 16.8. The van der Waals surface area contributed by atoms with Gasteiger partial charge in [0.1, 0.15) is 11.5 Å². The summed E-state index contributed by atoms with van der Waals surface area (Å²) in [4.78, 5) is 17.0. The summed E-state index contributed by atoms with van der Waals surface area (Å²) >= 11 is 0. The van der Waals surface area contributed by atoms with Gasteiger partial charge in [-0.25, -0.2) is 0 Å². The van der Waals surface area contributed by atoms with Gasteiger partial charge in [-0.15, -0.1) is 29.1 Å². The quantitative estimate of drug-likeness (QED) is 0.0657. The van der Waals surface area contributed by atoms with Crippen molar-refractivity contribution in [3.05, 3.63) is 96.4 Å². The normalized spacial score (nSPS) is 12.7. The third-order valence-electron chi connectivity index (χ3n) is 10.9. The number of benzene rings is 4. The number of pyridine rings is 1. The summed E-state index contributed by atoms with van der Waals surface area (Å²) in [5.41, 5.74) is 2.83. The molecule has 0 bridgehead atoms. The van der Waals surface area contributed by atoms with Crippen molar-refractivity contribution in [2.75, 3.05) is 6.61 Å². The molecule has 5 aromatic rings. The van der Waals surface area contributed by atoms with Crippen LogP contribution in [-0.4, -0.2) is 22.5 Å². The van der Waals surface area contributed by atoms with Gasteiger partial charge in [0, 0.05) is 54.3 Å². The van der Waals surface area contributed by atoms with Crippen molar-refractivity contribution in [1.82, 2.24) is 4.98 Å². The molecule has 1 radical (unpaired) electrons. The monoisotopic (exact) mass is 879 g/mol. The minimum Gasteiger partial charge on any atom is -0.512 e. The van der Waals surface area contributed by atoms with Gasteiger partial charge in [0.05, 0.1) is 6.61 Å². The first kappa shape index (κ1) is 42.9. The maximum atomic E-state index is 12.2. The van der Waals surface area contributed by atoms with Crippen LogP contribution in [0.25, 0.3) is 43.6 Å². The molecule has 0 amide bonds. The average molecular weight is 879 g/mol. The van der Waals surface area contributed by atoms with E-state index in [0.717, 1.165) is 58.8 Å². The predicted molar refractivity (Wildman–Crippen MR) is 218 cm³/mol. The number of ether oxygens (including phenoxy) is 1. The van der Waals surface area contributed by atoms with Crippen LogP contribution in [0, 0.1) is 22.3 Å². The fourth-order valence-corrected chi connectivity index (χ4v) is 6.29. The van der Waals surface area contributed by atoms with E-state index < -0.39 is 0 Å². The van der Waals surface area contributed by atoms with E-state index in [1.54, 1.807) is 0 Å². The van der Waals surface area contributed by atoms with Gasteiger partial charge in [-0.1, -0.05) is 136 Å². The number of ketones is 1. The molecule has 4 nitrogen and oxygen atoms in total. The van der Waals surface area contributed by atoms with Gasteiger partial charge in [0.25, 0.3) is 0 Å². The first-order valence-electron chi connectivity index (χ1n) is 18.8. The number of nitrogens with zero attached hydrogens (tertiary/aromatic N) is 1. The van der Waals surface area contributed by atoms with Crippen molar-refractivity contribution in [2.45, 2.75) is 114 Å². The number of carbonyl (C=O) groups excluding carboxylic acids is 1. The number of carbonyl (C=O) groups is 1. The van der Waals surface area contributed by atoms with E-state index in [-0.39, 0.29) is 53.3 Å². The molecule has 0 atom stereocenters. The van der Waals surface area contributed by atoms with Crippen LogP contribution in [0.1, 0.15) is 114 Å². The van der Waals surface area contributed by atoms with Gasteiger partial charge in [-0.3, -0.25) is 9.78 Å². The molecule has 5 heteroatoms. The van der Waals surface area contributed by atoms with Crippen molar-refractivity contribution >= 4 is 38.1 Å². The Morgan fingerprint density at radius 2 is 1.31 bits per heavy atom. The summed E-state index contributed by atoms with van der Waals surface area (Å²) in [5.74, 6) is 1.22. The Labute approximate surface area is 326 Å². The first-order chi connectivity index (χ1) is 23.9. The molecular formula is C47H60IrNO3-. The van der Waals surface area contributed by atoms with E-state index in [1.807, 2.05) is 47.7 Å².